The lowest BCUT2D eigenvalue weighted by Gasteiger charge is -1.94. The van der Waals surface area contributed by atoms with Crippen molar-refractivity contribution in [2.24, 2.45) is 0 Å². The number of fused-ring (bicyclic) bond motifs is 1. The summed E-state index contributed by atoms with van der Waals surface area (Å²) in [7, 11) is 0. The highest BCUT2D eigenvalue weighted by atomic mass is 35.5. The van der Waals surface area contributed by atoms with Gasteiger partial charge >= 0.3 is 0 Å². The fourth-order valence-electron chi connectivity index (χ4n) is 1.35. The number of alkyl halides is 1. The monoisotopic (exact) mass is 195 g/mol. The summed E-state index contributed by atoms with van der Waals surface area (Å²) in [6, 6.07) is 5.99. The van der Waals surface area contributed by atoms with Crippen molar-refractivity contribution < 1.29 is 4.42 Å². The van der Waals surface area contributed by atoms with E-state index in [4.69, 9.17) is 16.0 Å². The van der Waals surface area contributed by atoms with E-state index in [1.165, 1.54) is 5.56 Å². The molecule has 1 aromatic carbocycles. The lowest BCUT2D eigenvalue weighted by atomic mass is 10.1. The van der Waals surface area contributed by atoms with Crippen LogP contribution in [0.5, 0.6) is 0 Å². The Balaban J connectivity index is 2.48. The predicted octanol–water partition coefficient (Wildman–Crippen LogP) is 2.92. The molecule has 0 spiro atoms. The van der Waals surface area contributed by atoms with Gasteiger partial charge in [0.05, 0.1) is 0 Å². The highest BCUT2D eigenvalue weighted by Gasteiger charge is 2.02. The molecule has 2 nitrogen and oxygen atoms in total. The molecule has 0 aliphatic carbocycles. The summed E-state index contributed by atoms with van der Waals surface area (Å²) in [5.74, 6) is 1.35. The summed E-state index contributed by atoms with van der Waals surface area (Å²) >= 11 is 5.65. The molecule has 0 bridgehead atoms. The van der Waals surface area contributed by atoms with Gasteiger partial charge in [0.2, 0.25) is 0 Å². The number of aryl methyl sites for hydroxylation is 2. The average molecular weight is 196 g/mol. The lowest BCUT2D eigenvalue weighted by Crippen LogP contribution is -1.84. The predicted molar refractivity (Wildman–Crippen MR) is 53.2 cm³/mol. The number of hydrogen-bond donors (Lipinski definition) is 0. The molecule has 0 fully saturated rings. The van der Waals surface area contributed by atoms with Gasteiger partial charge in [0.1, 0.15) is 5.52 Å². The molecule has 1 heterocycles. The average Bonchev–Trinajstić information content (AvgIpc) is 2.44. The molecular weight excluding hydrogens is 186 g/mol. The molecule has 0 amide bonds. The smallest absolute Gasteiger partial charge is 0.192 e. The van der Waals surface area contributed by atoms with E-state index in [0.717, 1.165) is 17.5 Å². The van der Waals surface area contributed by atoms with E-state index in [-0.39, 0.29) is 0 Å². The molecule has 0 unspecified atom stereocenters. The minimum atomic E-state index is 0.641. The number of rotatable bonds is 2. The first kappa shape index (κ1) is 8.57. The maximum Gasteiger partial charge on any atom is 0.192 e. The molecule has 0 atom stereocenters. The van der Waals surface area contributed by atoms with Crippen molar-refractivity contribution in [2.75, 3.05) is 5.88 Å². The number of aromatic nitrogens is 1. The van der Waals surface area contributed by atoms with Crippen LogP contribution in [0.2, 0.25) is 0 Å². The van der Waals surface area contributed by atoms with Crippen LogP contribution in [-0.4, -0.2) is 10.9 Å². The van der Waals surface area contributed by atoms with Crippen molar-refractivity contribution >= 4 is 22.7 Å². The summed E-state index contributed by atoms with van der Waals surface area (Å²) in [5.41, 5.74) is 2.96. The highest BCUT2D eigenvalue weighted by Crippen LogP contribution is 2.17. The number of nitrogens with zero attached hydrogens (tertiary/aromatic N) is 1. The topological polar surface area (TPSA) is 26.0 Å². The Kier molecular flexibility index (Phi) is 2.23. The van der Waals surface area contributed by atoms with Gasteiger partial charge in [0.15, 0.2) is 11.5 Å². The maximum absolute atomic E-state index is 5.65. The van der Waals surface area contributed by atoms with Gasteiger partial charge in [-0.3, -0.25) is 0 Å². The van der Waals surface area contributed by atoms with E-state index in [9.17, 15) is 0 Å². The molecule has 0 saturated heterocycles. The molecule has 2 rings (SSSR count). The minimum absolute atomic E-state index is 0.641. The van der Waals surface area contributed by atoms with E-state index in [1.54, 1.807) is 0 Å². The summed E-state index contributed by atoms with van der Waals surface area (Å²) in [5, 5.41) is 0. The zero-order valence-corrected chi connectivity index (χ0v) is 8.14. The van der Waals surface area contributed by atoms with Gasteiger partial charge in [-0.25, -0.2) is 4.98 Å². The third-order valence-corrected chi connectivity index (χ3v) is 2.13. The Labute approximate surface area is 81.5 Å². The molecule has 0 aliphatic heterocycles. The Morgan fingerprint density at radius 3 is 3.08 bits per heavy atom. The van der Waals surface area contributed by atoms with E-state index >= 15 is 0 Å². The van der Waals surface area contributed by atoms with Crippen molar-refractivity contribution in [1.82, 2.24) is 4.98 Å². The van der Waals surface area contributed by atoms with Crippen LogP contribution in [0, 0.1) is 6.92 Å². The third-order valence-electron chi connectivity index (χ3n) is 1.94. The molecule has 2 aromatic rings. The Morgan fingerprint density at radius 1 is 1.46 bits per heavy atom. The Bertz CT molecular complexity index is 422. The minimum Gasteiger partial charge on any atom is -0.441 e. The van der Waals surface area contributed by atoms with Gasteiger partial charge < -0.3 is 4.42 Å². The van der Waals surface area contributed by atoms with E-state index < -0.39 is 0 Å². The van der Waals surface area contributed by atoms with Crippen LogP contribution in [0.25, 0.3) is 11.1 Å². The standard InChI is InChI=1S/C10H10ClNO/c1-7-12-9-6-8(4-5-11)2-3-10(9)13-7/h2-3,6H,4-5H2,1H3. The summed E-state index contributed by atoms with van der Waals surface area (Å²) in [6.45, 7) is 1.85. The Morgan fingerprint density at radius 2 is 2.31 bits per heavy atom. The molecule has 0 radical (unpaired) electrons. The van der Waals surface area contributed by atoms with Crippen molar-refractivity contribution in [2.45, 2.75) is 13.3 Å². The molecule has 0 saturated carbocycles. The fraction of sp³-hybridized carbons (Fsp3) is 0.300. The lowest BCUT2D eigenvalue weighted by molar-refractivity contribution is 0.561. The van der Waals surface area contributed by atoms with Crippen LogP contribution in [-0.2, 0) is 6.42 Å². The van der Waals surface area contributed by atoms with Crippen molar-refractivity contribution in [3.8, 4) is 0 Å². The zero-order chi connectivity index (χ0) is 9.26. The van der Waals surface area contributed by atoms with Gasteiger partial charge in [-0.2, -0.15) is 0 Å². The number of halogens is 1. The molecule has 1 aromatic heterocycles. The quantitative estimate of drug-likeness (QED) is 0.689. The number of hydrogen-bond acceptors (Lipinski definition) is 2. The second kappa shape index (κ2) is 3.38. The molecule has 0 N–H and O–H groups in total. The van der Waals surface area contributed by atoms with Crippen LogP contribution in [0.1, 0.15) is 11.5 Å². The van der Waals surface area contributed by atoms with Crippen LogP contribution in [0.15, 0.2) is 22.6 Å². The molecular formula is C10H10ClNO. The zero-order valence-electron chi connectivity index (χ0n) is 7.38. The second-order valence-corrected chi connectivity index (χ2v) is 3.35. The normalized spacial score (nSPS) is 10.9. The van der Waals surface area contributed by atoms with Gasteiger partial charge in [-0.1, -0.05) is 6.07 Å². The van der Waals surface area contributed by atoms with E-state index in [2.05, 4.69) is 4.98 Å². The number of oxazole rings is 1. The largest absolute Gasteiger partial charge is 0.441 e. The summed E-state index contributed by atoms with van der Waals surface area (Å²) in [6.07, 6.45) is 0.878. The van der Waals surface area contributed by atoms with Gasteiger partial charge in [-0.15, -0.1) is 11.6 Å². The fourth-order valence-corrected chi connectivity index (χ4v) is 1.57. The second-order valence-electron chi connectivity index (χ2n) is 2.97. The Hall–Kier alpha value is -1.02. The summed E-state index contributed by atoms with van der Waals surface area (Å²) < 4.78 is 5.36. The summed E-state index contributed by atoms with van der Waals surface area (Å²) in [4.78, 5) is 4.25. The first-order chi connectivity index (χ1) is 6.29. The number of benzene rings is 1. The maximum atomic E-state index is 5.65. The van der Waals surface area contributed by atoms with E-state index in [0.29, 0.717) is 11.8 Å². The van der Waals surface area contributed by atoms with E-state index in [1.807, 2.05) is 25.1 Å². The third kappa shape index (κ3) is 1.68. The van der Waals surface area contributed by atoms with Crippen LogP contribution < -0.4 is 0 Å². The van der Waals surface area contributed by atoms with Crippen molar-refractivity contribution in [3.05, 3.63) is 29.7 Å². The molecule has 68 valence electrons. The van der Waals surface area contributed by atoms with Gasteiger partial charge in [0, 0.05) is 12.8 Å². The van der Waals surface area contributed by atoms with Crippen molar-refractivity contribution in [1.29, 1.82) is 0 Å². The first-order valence-corrected chi connectivity index (χ1v) is 4.75. The van der Waals surface area contributed by atoms with Crippen LogP contribution in [0.4, 0.5) is 0 Å². The van der Waals surface area contributed by atoms with Gasteiger partial charge in [0.25, 0.3) is 0 Å². The highest BCUT2D eigenvalue weighted by molar-refractivity contribution is 6.18. The molecule has 0 aliphatic rings. The molecule has 3 heteroatoms. The first-order valence-electron chi connectivity index (χ1n) is 4.21. The van der Waals surface area contributed by atoms with Crippen LogP contribution >= 0.6 is 11.6 Å². The van der Waals surface area contributed by atoms with Crippen LogP contribution in [0.3, 0.4) is 0 Å². The SMILES string of the molecule is Cc1nc2cc(CCCl)ccc2o1. The van der Waals surface area contributed by atoms with Gasteiger partial charge in [-0.05, 0) is 24.1 Å². The molecule has 13 heavy (non-hydrogen) atoms. The van der Waals surface area contributed by atoms with Crippen molar-refractivity contribution in [3.63, 3.8) is 0 Å².